The largest absolute Gasteiger partial charge is 0.367 e. The van der Waals surface area contributed by atoms with Crippen LogP contribution in [0.5, 0.6) is 0 Å². The summed E-state index contributed by atoms with van der Waals surface area (Å²) in [5.74, 6) is -1.16. The quantitative estimate of drug-likeness (QED) is 0.908. The summed E-state index contributed by atoms with van der Waals surface area (Å²) in [5.41, 5.74) is 0.939. The molecule has 25 heavy (non-hydrogen) atoms. The van der Waals surface area contributed by atoms with Gasteiger partial charge in [0.2, 0.25) is 5.91 Å². The van der Waals surface area contributed by atoms with Gasteiger partial charge in [0.15, 0.2) is 6.10 Å². The summed E-state index contributed by atoms with van der Waals surface area (Å²) in [6.45, 7) is 0.355. The number of ether oxygens (including phenoxy) is 1. The van der Waals surface area contributed by atoms with Crippen LogP contribution in [-0.4, -0.2) is 31.5 Å². The first kappa shape index (κ1) is 17.1. The standard InChI is InChI=1S/C19H19FN2O3/c1-25-17(13-7-3-2-4-8-13)18(23)21-15-11-12-22(19(15)24)16-10-6-5-9-14(16)20/h2-10,15,17H,11-12H2,1H3,(H,21,23)/t15-,17+/m0/s1. The van der Waals surface area contributed by atoms with Crippen molar-refractivity contribution in [3.8, 4) is 0 Å². The van der Waals surface area contributed by atoms with Gasteiger partial charge in [-0.3, -0.25) is 9.59 Å². The summed E-state index contributed by atoms with van der Waals surface area (Å²) in [6.07, 6.45) is -0.374. The molecule has 2 aromatic carbocycles. The summed E-state index contributed by atoms with van der Waals surface area (Å²) in [7, 11) is 1.44. The zero-order valence-corrected chi connectivity index (χ0v) is 13.8. The SMILES string of the molecule is CO[C@@H](C(=O)N[C@H]1CCN(c2ccccc2F)C1=O)c1ccccc1. The fraction of sp³-hybridized carbons (Fsp3) is 0.263. The number of benzene rings is 2. The molecule has 0 unspecified atom stereocenters. The van der Waals surface area contributed by atoms with Crippen LogP contribution in [0.2, 0.25) is 0 Å². The molecule has 1 aliphatic heterocycles. The number of para-hydroxylation sites is 1. The van der Waals surface area contributed by atoms with Crippen molar-refractivity contribution < 1.29 is 18.7 Å². The Morgan fingerprint density at radius 2 is 1.88 bits per heavy atom. The van der Waals surface area contributed by atoms with Crippen molar-refractivity contribution in [2.24, 2.45) is 0 Å². The second-order valence-electron chi connectivity index (χ2n) is 5.82. The summed E-state index contributed by atoms with van der Waals surface area (Å²) >= 11 is 0. The van der Waals surface area contributed by atoms with E-state index in [0.29, 0.717) is 18.5 Å². The highest BCUT2D eigenvalue weighted by Crippen LogP contribution is 2.25. The van der Waals surface area contributed by atoms with Crippen molar-refractivity contribution in [1.29, 1.82) is 0 Å². The van der Waals surface area contributed by atoms with E-state index >= 15 is 0 Å². The third kappa shape index (κ3) is 3.53. The molecule has 0 spiro atoms. The molecule has 1 N–H and O–H groups in total. The Labute approximate surface area is 145 Å². The molecule has 5 nitrogen and oxygen atoms in total. The Morgan fingerprint density at radius 1 is 1.20 bits per heavy atom. The molecule has 1 saturated heterocycles. The maximum Gasteiger partial charge on any atom is 0.254 e. The maximum absolute atomic E-state index is 13.9. The number of methoxy groups -OCH3 is 1. The van der Waals surface area contributed by atoms with Gasteiger partial charge in [0, 0.05) is 13.7 Å². The average Bonchev–Trinajstić information content (AvgIpc) is 2.97. The number of nitrogens with zero attached hydrogens (tertiary/aromatic N) is 1. The molecule has 0 bridgehead atoms. The van der Waals surface area contributed by atoms with Crippen LogP contribution >= 0.6 is 0 Å². The van der Waals surface area contributed by atoms with Crippen LogP contribution in [-0.2, 0) is 14.3 Å². The topological polar surface area (TPSA) is 58.6 Å². The lowest BCUT2D eigenvalue weighted by Crippen LogP contribution is -2.44. The van der Waals surface area contributed by atoms with Crippen LogP contribution in [0.4, 0.5) is 10.1 Å². The number of anilines is 1. The van der Waals surface area contributed by atoms with E-state index < -0.39 is 18.0 Å². The van der Waals surface area contributed by atoms with E-state index in [1.54, 1.807) is 30.3 Å². The predicted octanol–water partition coefficient (Wildman–Crippen LogP) is 2.43. The van der Waals surface area contributed by atoms with Gasteiger partial charge in [-0.05, 0) is 24.1 Å². The number of carbonyl (C=O) groups excluding carboxylic acids is 2. The Balaban J connectivity index is 1.70. The van der Waals surface area contributed by atoms with Gasteiger partial charge in [-0.1, -0.05) is 42.5 Å². The van der Waals surface area contributed by atoms with Crippen molar-refractivity contribution in [1.82, 2.24) is 5.32 Å². The summed E-state index contributed by atoms with van der Waals surface area (Å²) in [4.78, 5) is 26.4. The van der Waals surface area contributed by atoms with Gasteiger partial charge in [-0.2, -0.15) is 0 Å². The van der Waals surface area contributed by atoms with Crippen molar-refractivity contribution in [2.75, 3.05) is 18.6 Å². The van der Waals surface area contributed by atoms with E-state index in [2.05, 4.69) is 5.32 Å². The molecule has 0 saturated carbocycles. The first-order chi connectivity index (χ1) is 12.1. The fourth-order valence-corrected chi connectivity index (χ4v) is 2.99. The van der Waals surface area contributed by atoms with Gasteiger partial charge < -0.3 is 15.0 Å². The van der Waals surface area contributed by atoms with Crippen LogP contribution in [0, 0.1) is 5.82 Å². The summed E-state index contributed by atoms with van der Waals surface area (Å²) in [6, 6.07) is 14.5. The Bertz CT molecular complexity index is 766. The second kappa shape index (κ2) is 7.44. The van der Waals surface area contributed by atoms with Crippen molar-refractivity contribution >= 4 is 17.5 Å². The molecule has 0 radical (unpaired) electrons. The average molecular weight is 342 g/mol. The van der Waals surface area contributed by atoms with Crippen LogP contribution in [0.3, 0.4) is 0 Å². The molecule has 2 atom stereocenters. The highest BCUT2D eigenvalue weighted by Gasteiger charge is 2.36. The lowest BCUT2D eigenvalue weighted by atomic mass is 10.1. The molecule has 0 aromatic heterocycles. The molecular formula is C19H19FN2O3. The third-order valence-electron chi connectivity index (χ3n) is 4.24. The number of hydrogen-bond acceptors (Lipinski definition) is 3. The van der Waals surface area contributed by atoms with Crippen LogP contribution in [0.1, 0.15) is 18.1 Å². The molecular weight excluding hydrogens is 323 g/mol. The van der Waals surface area contributed by atoms with E-state index in [4.69, 9.17) is 4.74 Å². The minimum atomic E-state index is -0.795. The maximum atomic E-state index is 13.9. The minimum Gasteiger partial charge on any atom is -0.367 e. The van der Waals surface area contributed by atoms with E-state index in [0.717, 1.165) is 0 Å². The zero-order chi connectivity index (χ0) is 17.8. The zero-order valence-electron chi connectivity index (χ0n) is 13.8. The third-order valence-corrected chi connectivity index (χ3v) is 4.24. The predicted molar refractivity (Wildman–Crippen MR) is 91.5 cm³/mol. The lowest BCUT2D eigenvalue weighted by Gasteiger charge is -2.20. The first-order valence-electron chi connectivity index (χ1n) is 8.06. The number of nitrogens with one attached hydrogen (secondary N) is 1. The highest BCUT2D eigenvalue weighted by atomic mass is 19.1. The summed E-state index contributed by atoms with van der Waals surface area (Å²) < 4.78 is 19.2. The number of halogens is 1. The molecule has 3 rings (SSSR count). The second-order valence-corrected chi connectivity index (χ2v) is 5.82. The van der Waals surface area contributed by atoms with Gasteiger partial charge >= 0.3 is 0 Å². The van der Waals surface area contributed by atoms with Gasteiger partial charge in [0.25, 0.3) is 5.91 Å². The van der Waals surface area contributed by atoms with Crippen LogP contribution < -0.4 is 10.2 Å². The molecule has 1 fully saturated rings. The summed E-state index contributed by atoms with van der Waals surface area (Å²) in [5, 5.41) is 2.72. The molecule has 1 aliphatic rings. The molecule has 1 heterocycles. The minimum absolute atomic E-state index is 0.232. The fourth-order valence-electron chi connectivity index (χ4n) is 2.99. The number of carbonyl (C=O) groups is 2. The number of rotatable bonds is 5. The van der Waals surface area contributed by atoms with E-state index in [-0.39, 0.29) is 17.5 Å². The van der Waals surface area contributed by atoms with Gasteiger partial charge in [0.05, 0.1) is 5.69 Å². The number of amides is 2. The Kier molecular flexibility index (Phi) is 5.09. The van der Waals surface area contributed by atoms with E-state index in [1.165, 1.54) is 18.1 Å². The van der Waals surface area contributed by atoms with Gasteiger partial charge in [-0.25, -0.2) is 4.39 Å². The Morgan fingerprint density at radius 3 is 2.56 bits per heavy atom. The molecule has 2 amide bonds. The van der Waals surface area contributed by atoms with Crippen molar-refractivity contribution in [3.63, 3.8) is 0 Å². The normalized spacial score (nSPS) is 18.2. The molecule has 130 valence electrons. The molecule has 0 aliphatic carbocycles. The van der Waals surface area contributed by atoms with Crippen LogP contribution in [0.15, 0.2) is 54.6 Å². The van der Waals surface area contributed by atoms with Crippen LogP contribution in [0.25, 0.3) is 0 Å². The van der Waals surface area contributed by atoms with Gasteiger partial charge in [-0.15, -0.1) is 0 Å². The monoisotopic (exact) mass is 342 g/mol. The first-order valence-corrected chi connectivity index (χ1v) is 8.06. The van der Waals surface area contributed by atoms with E-state index in [1.807, 2.05) is 18.2 Å². The van der Waals surface area contributed by atoms with Gasteiger partial charge in [0.1, 0.15) is 11.9 Å². The van der Waals surface area contributed by atoms with Crippen molar-refractivity contribution in [3.05, 3.63) is 66.0 Å². The Hall–Kier alpha value is -2.73. The highest BCUT2D eigenvalue weighted by molar-refractivity contribution is 6.01. The van der Waals surface area contributed by atoms with Crippen molar-refractivity contribution in [2.45, 2.75) is 18.6 Å². The smallest absolute Gasteiger partial charge is 0.254 e. The van der Waals surface area contributed by atoms with E-state index in [9.17, 15) is 14.0 Å². The number of hydrogen-bond donors (Lipinski definition) is 1. The molecule has 6 heteroatoms. The lowest BCUT2D eigenvalue weighted by molar-refractivity contribution is -0.134. The molecule has 2 aromatic rings.